The van der Waals surface area contributed by atoms with Crippen molar-refractivity contribution in [2.45, 2.75) is 53.2 Å². The summed E-state index contributed by atoms with van der Waals surface area (Å²) in [7, 11) is 0. The maximum Gasteiger partial charge on any atom is 0.331 e. The molecule has 1 aliphatic heterocycles. The fourth-order valence-electron chi connectivity index (χ4n) is 3.71. The molecule has 1 aliphatic rings. The molecule has 0 amide bonds. The molecule has 1 aromatic carbocycles. The van der Waals surface area contributed by atoms with E-state index in [9.17, 15) is 14.7 Å². The number of ketones is 1. The Labute approximate surface area is 191 Å². The van der Waals surface area contributed by atoms with Crippen molar-refractivity contribution in [3.63, 3.8) is 0 Å². The zero-order valence-electron chi connectivity index (χ0n) is 19.8. The van der Waals surface area contributed by atoms with Gasteiger partial charge < -0.3 is 14.6 Å². The molecule has 32 heavy (non-hydrogen) atoms. The zero-order valence-corrected chi connectivity index (χ0v) is 19.8. The Morgan fingerprint density at radius 1 is 1.12 bits per heavy atom. The zero-order chi connectivity index (χ0) is 23.7. The number of aliphatic hydroxyl groups is 1. The van der Waals surface area contributed by atoms with Gasteiger partial charge in [-0.3, -0.25) is 4.79 Å². The van der Waals surface area contributed by atoms with Crippen LogP contribution < -0.4 is 0 Å². The fourth-order valence-corrected chi connectivity index (χ4v) is 3.71. The number of Topliss-reactive ketones (excluding diaryl/α,β-unsaturated/α-hetero) is 1. The van der Waals surface area contributed by atoms with Gasteiger partial charge >= 0.3 is 5.97 Å². The summed E-state index contributed by atoms with van der Waals surface area (Å²) < 4.78 is 11.4. The number of aliphatic hydroxyl groups excluding tert-OH is 1. The summed E-state index contributed by atoms with van der Waals surface area (Å²) in [4.78, 5) is 25.6. The molecule has 1 aromatic rings. The van der Waals surface area contributed by atoms with Crippen molar-refractivity contribution >= 4 is 17.8 Å². The second-order valence-corrected chi connectivity index (χ2v) is 9.14. The van der Waals surface area contributed by atoms with Crippen LogP contribution in [0, 0.1) is 17.3 Å². The van der Waals surface area contributed by atoms with Gasteiger partial charge in [0.05, 0.1) is 19.3 Å². The molecule has 174 valence electrons. The van der Waals surface area contributed by atoms with E-state index in [1.54, 1.807) is 26.8 Å². The number of benzene rings is 1. The summed E-state index contributed by atoms with van der Waals surface area (Å²) in [5.41, 5.74) is 1.04. The number of carbonyl (C=O) groups excluding carboxylic acids is 2. The monoisotopic (exact) mass is 440 g/mol. The van der Waals surface area contributed by atoms with E-state index < -0.39 is 29.5 Å². The maximum atomic E-state index is 13.0. The fraction of sp³-hybridized carbons (Fsp3) is 0.481. The first kappa shape index (κ1) is 25.8. The molecule has 0 unspecified atom stereocenters. The van der Waals surface area contributed by atoms with E-state index in [4.69, 9.17) is 9.47 Å². The minimum atomic E-state index is -0.915. The van der Waals surface area contributed by atoms with Gasteiger partial charge in [0.15, 0.2) is 0 Å². The Hall–Kier alpha value is -2.50. The normalized spacial score (nSPS) is 30.4. The molecule has 0 bridgehead atoms. The highest BCUT2D eigenvalue weighted by molar-refractivity contribution is 5.90. The number of cyclic esters (lactones) is 1. The number of hydrogen-bond acceptors (Lipinski definition) is 5. The molecule has 5 heteroatoms. The highest BCUT2D eigenvalue weighted by Crippen LogP contribution is 2.27. The van der Waals surface area contributed by atoms with Gasteiger partial charge in [0, 0.05) is 29.7 Å². The molecular formula is C27H36O5. The average Bonchev–Trinajstić information content (AvgIpc) is 2.77. The summed E-state index contributed by atoms with van der Waals surface area (Å²) in [6, 6.07) is 9.87. The van der Waals surface area contributed by atoms with Gasteiger partial charge in [-0.25, -0.2) is 4.79 Å². The van der Waals surface area contributed by atoms with Gasteiger partial charge in [-0.2, -0.15) is 0 Å². The lowest BCUT2D eigenvalue weighted by Gasteiger charge is -2.29. The van der Waals surface area contributed by atoms with Gasteiger partial charge in [0.2, 0.25) is 0 Å². The van der Waals surface area contributed by atoms with Gasteiger partial charge in [-0.15, -0.1) is 0 Å². The van der Waals surface area contributed by atoms with E-state index in [1.165, 1.54) is 6.08 Å². The first-order chi connectivity index (χ1) is 15.1. The summed E-state index contributed by atoms with van der Waals surface area (Å²) in [5, 5.41) is 10.6. The number of rotatable bonds is 2. The second-order valence-electron chi connectivity index (χ2n) is 9.14. The average molecular weight is 441 g/mol. The number of esters is 1. The van der Waals surface area contributed by atoms with Crippen molar-refractivity contribution in [2.24, 2.45) is 17.3 Å². The highest BCUT2D eigenvalue weighted by Gasteiger charge is 2.35. The molecule has 0 fully saturated rings. The van der Waals surface area contributed by atoms with Crippen molar-refractivity contribution < 1.29 is 24.2 Å². The minimum Gasteiger partial charge on any atom is -0.454 e. The van der Waals surface area contributed by atoms with Crippen molar-refractivity contribution in [1.82, 2.24) is 0 Å². The van der Waals surface area contributed by atoms with Crippen LogP contribution in [-0.4, -0.2) is 42.3 Å². The van der Waals surface area contributed by atoms with Crippen molar-refractivity contribution in [2.75, 3.05) is 13.2 Å². The first-order valence-corrected chi connectivity index (χ1v) is 11.2. The van der Waals surface area contributed by atoms with Crippen LogP contribution in [0.5, 0.6) is 0 Å². The standard InChI is InChI=1S/C27H36O5/c1-19(17-22-11-7-6-8-12-22)23-13-9-10-16-31-18-20(2)25(29)21(3)26(30)27(4,5)15-14-24(28)32-23/h6-12,14-15,17,20-21,23,25,29H,13,16,18H2,1-5H3/b10-9+,15-14+,19-17+/t20-,21+,23+,25+/m0/s1. The highest BCUT2D eigenvalue weighted by atomic mass is 16.5. The lowest BCUT2D eigenvalue weighted by molar-refractivity contribution is -0.141. The van der Waals surface area contributed by atoms with Crippen LogP contribution in [0.3, 0.4) is 0 Å². The van der Waals surface area contributed by atoms with Crippen LogP contribution >= 0.6 is 0 Å². The van der Waals surface area contributed by atoms with E-state index in [1.807, 2.05) is 62.4 Å². The third-order valence-corrected chi connectivity index (χ3v) is 5.85. The van der Waals surface area contributed by atoms with Crippen LogP contribution in [0.2, 0.25) is 0 Å². The Morgan fingerprint density at radius 3 is 2.50 bits per heavy atom. The summed E-state index contributed by atoms with van der Waals surface area (Å²) in [5.74, 6) is -1.42. The van der Waals surface area contributed by atoms with E-state index in [0.717, 1.165) is 11.1 Å². The van der Waals surface area contributed by atoms with E-state index >= 15 is 0 Å². The number of hydrogen-bond donors (Lipinski definition) is 1. The molecule has 0 radical (unpaired) electrons. The Bertz CT molecular complexity index is 850. The largest absolute Gasteiger partial charge is 0.454 e. The van der Waals surface area contributed by atoms with Gasteiger partial charge in [-0.05, 0) is 31.9 Å². The summed E-state index contributed by atoms with van der Waals surface area (Å²) >= 11 is 0. The third kappa shape index (κ3) is 7.57. The van der Waals surface area contributed by atoms with Crippen LogP contribution in [0.15, 0.2) is 60.2 Å². The van der Waals surface area contributed by atoms with Crippen molar-refractivity contribution in [3.8, 4) is 0 Å². The molecule has 4 atom stereocenters. The Kier molecular flexibility index (Phi) is 9.60. The Morgan fingerprint density at radius 2 is 1.81 bits per heavy atom. The second kappa shape index (κ2) is 11.9. The van der Waals surface area contributed by atoms with Crippen LogP contribution in [0.1, 0.15) is 46.6 Å². The van der Waals surface area contributed by atoms with Crippen LogP contribution in [-0.2, 0) is 19.1 Å². The lowest BCUT2D eigenvalue weighted by atomic mass is 9.77. The molecule has 0 saturated carbocycles. The third-order valence-electron chi connectivity index (χ3n) is 5.85. The molecule has 1 heterocycles. The van der Waals surface area contributed by atoms with Gasteiger partial charge in [0.25, 0.3) is 0 Å². The Balaban J connectivity index is 2.28. The number of ether oxygens (including phenoxy) is 2. The molecule has 0 spiro atoms. The first-order valence-electron chi connectivity index (χ1n) is 11.2. The van der Waals surface area contributed by atoms with E-state index in [-0.39, 0.29) is 11.7 Å². The lowest BCUT2D eigenvalue weighted by Crippen LogP contribution is -2.39. The molecular weight excluding hydrogens is 404 g/mol. The summed E-state index contributed by atoms with van der Waals surface area (Å²) in [6.07, 6.45) is 7.96. The molecule has 0 aliphatic carbocycles. The van der Waals surface area contributed by atoms with Gasteiger partial charge in [-0.1, -0.05) is 68.5 Å². The van der Waals surface area contributed by atoms with Crippen molar-refractivity contribution in [1.29, 1.82) is 0 Å². The predicted octanol–water partition coefficient (Wildman–Crippen LogP) is 4.76. The van der Waals surface area contributed by atoms with Crippen LogP contribution in [0.25, 0.3) is 6.08 Å². The SMILES string of the molecule is C/C(=C\c1ccccc1)[C@H]1C/C=C/COC[C@H](C)[C@@H](O)[C@@H](C)C(=O)C(C)(C)/C=C/C(=O)O1. The van der Waals surface area contributed by atoms with Crippen molar-refractivity contribution in [3.05, 3.63) is 65.8 Å². The molecule has 2 rings (SSSR count). The van der Waals surface area contributed by atoms with E-state index in [2.05, 4.69) is 0 Å². The molecule has 0 saturated heterocycles. The molecule has 5 nitrogen and oxygen atoms in total. The van der Waals surface area contributed by atoms with Crippen LogP contribution in [0.4, 0.5) is 0 Å². The number of carbonyl (C=O) groups is 2. The quantitative estimate of drug-likeness (QED) is 0.530. The maximum absolute atomic E-state index is 13.0. The van der Waals surface area contributed by atoms with Gasteiger partial charge in [0.1, 0.15) is 11.9 Å². The predicted molar refractivity (Wildman–Crippen MR) is 127 cm³/mol. The smallest absolute Gasteiger partial charge is 0.331 e. The molecule has 1 N–H and O–H groups in total. The molecule has 0 aromatic heterocycles. The van der Waals surface area contributed by atoms with E-state index in [0.29, 0.717) is 19.6 Å². The minimum absolute atomic E-state index is 0.135. The topological polar surface area (TPSA) is 72.8 Å². The number of allylic oxidation sites excluding steroid dienone is 1. The summed E-state index contributed by atoms with van der Waals surface area (Å²) in [6.45, 7) is 9.75.